The summed E-state index contributed by atoms with van der Waals surface area (Å²) in [5.74, 6) is -0.499. The maximum Gasteiger partial charge on any atom is 0.335 e. The lowest BCUT2D eigenvalue weighted by molar-refractivity contribution is 0.0697. The molecule has 6 heteroatoms. The molecule has 1 aromatic carbocycles. The Labute approximate surface area is 95.1 Å². The van der Waals surface area contributed by atoms with Gasteiger partial charge in [0.2, 0.25) is 0 Å². The molecule has 1 aromatic heterocycles. The molecule has 1 heterocycles. The van der Waals surface area contributed by atoms with Crippen molar-refractivity contribution >= 4 is 28.8 Å². The molecule has 2 rings (SSSR count). The highest BCUT2D eigenvalue weighted by Gasteiger charge is 2.09. The van der Waals surface area contributed by atoms with E-state index in [-0.39, 0.29) is 12.2 Å². The summed E-state index contributed by atoms with van der Waals surface area (Å²) >= 11 is 1.29. The summed E-state index contributed by atoms with van der Waals surface area (Å²) in [4.78, 5) is 14.9. The number of oxazole rings is 1. The first kappa shape index (κ1) is 11.0. The van der Waals surface area contributed by atoms with E-state index >= 15 is 0 Å². The lowest BCUT2D eigenvalue weighted by Gasteiger charge is -1.91. The molecular formula is C10H9NO4S. The van der Waals surface area contributed by atoms with Crippen molar-refractivity contribution in [2.75, 3.05) is 12.4 Å². The average Bonchev–Trinajstić information content (AvgIpc) is 2.67. The topological polar surface area (TPSA) is 83.6 Å². The molecule has 0 aliphatic heterocycles. The van der Waals surface area contributed by atoms with E-state index in [2.05, 4.69) is 4.98 Å². The van der Waals surface area contributed by atoms with Crippen LogP contribution >= 0.6 is 11.8 Å². The maximum absolute atomic E-state index is 10.7. The van der Waals surface area contributed by atoms with Gasteiger partial charge in [0.1, 0.15) is 5.52 Å². The number of thioether (sulfide) groups is 1. The van der Waals surface area contributed by atoms with Gasteiger partial charge < -0.3 is 14.6 Å². The van der Waals surface area contributed by atoms with Crippen LogP contribution in [0, 0.1) is 0 Å². The van der Waals surface area contributed by atoms with Crippen LogP contribution in [-0.4, -0.2) is 33.5 Å². The Morgan fingerprint density at radius 2 is 2.31 bits per heavy atom. The van der Waals surface area contributed by atoms with Crippen LogP contribution in [0.15, 0.2) is 27.8 Å². The molecule has 0 radical (unpaired) electrons. The van der Waals surface area contributed by atoms with E-state index in [1.54, 1.807) is 6.07 Å². The summed E-state index contributed by atoms with van der Waals surface area (Å²) in [5.41, 5.74) is 1.23. The number of carboxylic acid groups (broad SMARTS) is 1. The predicted molar refractivity (Wildman–Crippen MR) is 58.8 cm³/mol. The Morgan fingerprint density at radius 1 is 1.50 bits per heavy atom. The van der Waals surface area contributed by atoms with Crippen molar-refractivity contribution in [3.8, 4) is 0 Å². The third-order valence-electron chi connectivity index (χ3n) is 1.93. The largest absolute Gasteiger partial charge is 0.478 e. The zero-order chi connectivity index (χ0) is 11.5. The lowest BCUT2D eigenvalue weighted by atomic mass is 10.2. The zero-order valence-electron chi connectivity index (χ0n) is 8.21. The fraction of sp³-hybridized carbons (Fsp3) is 0.200. The quantitative estimate of drug-likeness (QED) is 0.788. The van der Waals surface area contributed by atoms with Crippen molar-refractivity contribution in [3.05, 3.63) is 23.8 Å². The van der Waals surface area contributed by atoms with Crippen molar-refractivity contribution in [2.45, 2.75) is 5.22 Å². The second kappa shape index (κ2) is 4.54. The molecule has 84 valence electrons. The summed E-state index contributed by atoms with van der Waals surface area (Å²) in [6.45, 7) is 0.0454. The van der Waals surface area contributed by atoms with Gasteiger partial charge in [-0.25, -0.2) is 9.78 Å². The summed E-state index contributed by atoms with van der Waals surface area (Å²) in [5, 5.41) is 17.9. The van der Waals surface area contributed by atoms with Crippen LogP contribution in [0.1, 0.15) is 10.4 Å². The molecule has 0 saturated heterocycles. The zero-order valence-corrected chi connectivity index (χ0v) is 9.03. The molecule has 2 N–H and O–H groups in total. The number of benzene rings is 1. The Hall–Kier alpha value is -1.53. The standard InChI is InChI=1S/C10H9NO4S/c12-3-4-16-10-11-7-2-1-6(9(13)14)5-8(7)15-10/h1-2,5,12H,3-4H2,(H,13,14). The molecule has 2 aromatic rings. The van der Waals surface area contributed by atoms with Gasteiger partial charge in [0.05, 0.1) is 12.2 Å². The summed E-state index contributed by atoms with van der Waals surface area (Å²) in [6, 6.07) is 4.52. The van der Waals surface area contributed by atoms with Gasteiger partial charge in [-0.1, -0.05) is 11.8 Å². The highest BCUT2D eigenvalue weighted by Crippen LogP contribution is 2.23. The van der Waals surface area contributed by atoms with Gasteiger partial charge >= 0.3 is 5.97 Å². The first-order valence-corrected chi connectivity index (χ1v) is 5.57. The van der Waals surface area contributed by atoms with Crippen LogP contribution in [0.5, 0.6) is 0 Å². The van der Waals surface area contributed by atoms with Crippen LogP contribution in [0.4, 0.5) is 0 Å². The summed E-state index contributed by atoms with van der Waals surface area (Å²) < 4.78 is 5.34. The summed E-state index contributed by atoms with van der Waals surface area (Å²) in [7, 11) is 0. The Morgan fingerprint density at radius 3 is 3.00 bits per heavy atom. The highest BCUT2D eigenvalue weighted by atomic mass is 32.2. The van der Waals surface area contributed by atoms with Crippen LogP contribution in [0.2, 0.25) is 0 Å². The van der Waals surface area contributed by atoms with E-state index < -0.39 is 5.97 Å². The lowest BCUT2D eigenvalue weighted by Crippen LogP contribution is -1.94. The van der Waals surface area contributed by atoms with Crippen molar-refractivity contribution in [1.82, 2.24) is 4.98 Å². The number of aliphatic hydroxyl groups excluding tert-OH is 1. The minimum absolute atomic E-state index is 0.0454. The van der Waals surface area contributed by atoms with Crippen LogP contribution in [-0.2, 0) is 0 Å². The van der Waals surface area contributed by atoms with E-state index in [9.17, 15) is 4.79 Å². The Bertz CT molecular complexity index is 523. The molecule has 0 aliphatic rings. The third-order valence-corrected chi connectivity index (χ3v) is 2.74. The second-order valence-corrected chi connectivity index (χ2v) is 4.09. The molecule has 0 fully saturated rings. The normalized spacial score (nSPS) is 10.8. The van der Waals surface area contributed by atoms with Crippen molar-refractivity contribution in [1.29, 1.82) is 0 Å². The fourth-order valence-electron chi connectivity index (χ4n) is 1.23. The fourth-order valence-corrected chi connectivity index (χ4v) is 1.81. The van der Waals surface area contributed by atoms with Gasteiger partial charge in [0.15, 0.2) is 5.58 Å². The van der Waals surface area contributed by atoms with E-state index in [0.717, 1.165) is 0 Å². The van der Waals surface area contributed by atoms with Crippen molar-refractivity contribution in [2.24, 2.45) is 0 Å². The maximum atomic E-state index is 10.7. The number of aromatic nitrogens is 1. The molecule has 16 heavy (non-hydrogen) atoms. The molecule has 5 nitrogen and oxygen atoms in total. The Kier molecular flexibility index (Phi) is 3.12. The van der Waals surface area contributed by atoms with E-state index in [1.807, 2.05) is 0 Å². The third kappa shape index (κ3) is 2.17. The minimum atomic E-state index is -0.997. The van der Waals surface area contributed by atoms with Crippen molar-refractivity contribution < 1.29 is 19.4 Å². The first-order chi connectivity index (χ1) is 7.70. The molecule has 0 aliphatic carbocycles. The monoisotopic (exact) mass is 239 g/mol. The molecule has 0 unspecified atom stereocenters. The molecule has 0 amide bonds. The van der Waals surface area contributed by atoms with Gasteiger partial charge in [0, 0.05) is 5.75 Å². The number of carbonyl (C=O) groups is 1. The smallest absolute Gasteiger partial charge is 0.335 e. The molecular weight excluding hydrogens is 230 g/mol. The summed E-state index contributed by atoms with van der Waals surface area (Å²) in [6.07, 6.45) is 0. The SMILES string of the molecule is O=C(O)c1ccc2nc(SCCO)oc2c1. The molecule has 0 saturated carbocycles. The predicted octanol–water partition coefficient (Wildman–Crippen LogP) is 1.61. The number of hydrogen-bond donors (Lipinski definition) is 2. The first-order valence-electron chi connectivity index (χ1n) is 4.58. The van der Waals surface area contributed by atoms with Crippen LogP contribution in [0.25, 0.3) is 11.1 Å². The second-order valence-electron chi connectivity index (χ2n) is 3.04. The number of carboxylic acids is 1. The molecule has 0 spiro atoms. The average molecular weight is 239 g/mol. The van der Waals surface area contributed by atoms with E-state index in [1.165, 1.54) is 23.9 Å². The van der Waals surface area contributed by atoms with Gasteiger partial charge in [-0.15, -0.1) is 0 Å². The van der Waals surface area contributed by atoms with Gasteiger partial charge in [-0.05, 0) is 18.2 Å². The van der Waals surface area contributed by atoms with Crippen LogP contribution in [0.3, 0.4) is 0 Å². The van der Waals surface area contributed by atoms with E-state index in [0.29, 0.717) is 22.1 Å². The number of hydrogen-bond acceptors (Lipinski definition) is 5. The van der Waals surface area contributed by atoms with Crippen molar-refractivity contribution in [3.63, 3.8) is 0 Å². The van der Waals surface area contributed by atoms with Gasteiger partial charge in [-0.3, -0.25) is 0 Å². The van der Waals surface area contributed by atoms with Gasteiger partial charge in [0.25, 0.3) is 5.22 Å². The number of aliphatic hydroxyl groups is 1. The van der Waals surface area contributed by atoms with E-state index in [4.69, 9.17) is 14.6 Å². The highest BCUT2D eigenvalue weighted by molar-refractivity contribution is 7.99. The molecule has 0 atom stereocenters. The minimum Gasteiger partial charge on any atom is -0.478 e. The van der Waals surface area contributed by atoms with Crippen LogP contribution < -0.4 is 0 Å². The molecule has 0 bridgehead atoms. The number of fused-ring (bicyclic) bond motifs is 1. The number of nitrogens with zero attached hydrogens (tertiary/aromatic N) is 1. The Balaban J connectivity index is 2.34. The van der Waals surface area contributed by atoms with Gasteiger partial charge in [-0.2, -0.15) is 0 Å². The number of aromatic carboxylic acids is 1. The number of rotatable bonds is 4.